The van der Waals surface area contributed by atoms with E-state index in [0.717, 1.165) is 30.9 Å². The van der Waals surface area contributed by atoms with Crippen molar-refractivity contribution in [3.63, 3.8) is 0 Å². The molecule has 0 spiro atoms. The van der Waals surface area contributed by atoms with Crippen molar-refractivity contribution >= 4 is 28.2 Å². The number of nitrogens with two attached hydrogens (primary N) is 1. The van der Waals surface area contributed by atoms with Crippen LogP contribution in [0.4, 0.5) is 10.9 Å². The van der Waals surface area contributed by atoms with E-state index >= 15 is 0 Å². The van der Waals surface area contributed by atoms with E-state index in [-0.39, 0.29) is 5.91 Å². The number of amides is 1. The van der Waals surface area contributed by atoms with Crippen LogP contribution in [-0.4, -0.2) is 23.5 Å². The smallest absolute Gasteiger partial charge is 0.265 e. The van der Waals surface area contributed by atoms with Gasteiger partial charge in [-0.25, -0.2) is 4.98 Å². The van der Waals surface area contributed by atoms with E-state index in [1.165, 1.54) is 11.3 Å². The summed E-state index contributed by atoms with van der Waals surface area (Å²) in [6, 6.07) is 0.330. The van der Waals surface area contributed by atoms with Crippen molar-refractivity contribution in [1.82, 2.24) is 10.3 Å². The number of aromatic nitrogens is 1. The SMILES string of the molecule is CCCNc1nc(N)c(C(=O)NC2CC2CC)s1. The minimum atomic E-state index is -0.0875. The van der Waals surface area contributed by atoms with Gasteiger partial charge in [0.15, 0.2) is 5.13 Å². The van der Waals surface area contributed by atoms with E-state index in [1.807, 2.05) is 0 Å². The molecule has 18 heavy (non-hydrogen) atoms. The molecule has 5 nitrogen and oxygen atoms in total. The molecule has 6 heteroatoms. The number of nitrogens with zero attached hydrogens (tertiary/aromatic N) is 1. The Kier molecular flexibility index (Phi) is 4.06. The molecule has 0 aromatic carbocycles. The van der Waals surface area contributed by atoms with Gasteiger partial charge in [0.1, 0.15) is 10.7 Å². The summed E-state index contributed by atoms with van der Waals surface area (Å²) in [5, 5.41) is 6.88. The number of rotatable bonds is 6. The van der Waals surface area contributed by atoms with Crippen LogP contribution in [-0.2, 0) is 0 Å². The number of hydrogen-bond acceptors (Lipinski definition) is 5. The maximum absolute atomic E-state index is 12.0. The number of anilines is 2. The number of nitrogen functional groups attached to an aromatic ring is 1. The lowest BCUT2D eigenvalue weighted by Gasteiger charge is -2.01. The van der Waals surface area contributed by atoms with E-state index < -0.39 is 0 Å². The van der Waals surface area contributed by atoms with Crippen LogP contribution >= 0.6 is 11.3 Å². The summed E-state index contributed by atoms with van der Waals surface area (Å²) in [5.74, 6) is 0.876. The van der Waals surface area contributed by atoms with Crippen molar-refractivity contribution < 1.29 is 4.79 Å². The second-order valence-corrected chi connectivity index (χ2v) is 5.64. The van der Waals surface area contributed by atoms with Gasteiger partial charge in [0.2, 0.25) is 0 Å². The molecule has 0 aliphatic heterocycles. The van der Waals surface area contributed by atoms with Gasteiger partial charge in [0, 0.05) is 12.6 Å². The average molecular weight is 268 g/mol. The van der Waals surface area contributed by atoms with Crippen molar-refractivity contribution in [2.45, 2.75) is 39.2 Å². The summed E-state index contributed by atoms with van der Waals surface area (Å²) >= 11 is 1.33. The molecule has 1 aromatic rings. The number of carbonyl (C=O) groups excluding carboxylic acids is 1. The van der Waals surface area contributed by atoms with Gasteiger partial charge >= 0.3 is 0 Å². The Hall–Kier alpha value is -1.30. The first-order valence-electron chi connectivity index (χ1n) is 6.46. The minimum absolute atomic E-state index is 0.0875. The van der Waals surface area contributed by atoms with Crippen LogP contribution in [0.3, 0.4) is 0 Å². The van der Waals surface area contributed by atoms with Gasteiger partial charge in [-0.15, -0.1) is 0 Å². The van der Waals surface area contributed by atoms with E-state index in [1.54, 1.807) is 0 Å². The minimum Gasteiger partial charge on any atom is -0.382 e. The molecule has 1 amide bonds. The Morgan fingerprint density at radius 1 is 1.56 bits per heavy atom. The van der Waals surface area contributed by atoms with Gasteiger partial charge in [-0.2, -0.15) is 0 Å². The summed E-state index contributed by atoms with van der Waals surface area (Å²) in [5.41, 5.74) is 5.78. The van der Waals surface area contributed by atoms with Gasteiger partial charge < -0.3 is 16.4 Å². The fourth-order valence-electron chi connectivity index (χ4n) is 1.91. The third-order valence-corrected chi connectivity index (χ3v) is 4.18. The first-order chi connectivity index (χ1) is 8.65. The van der Waals surface area contributed by atoms with Gasteiger partial charge in [-0.1, -0.05) is 31.6 Å². The quantitative estimate of drug-likeness (QED) is 0.738. The maximum atomic E-state index is 12.0. The number of thiazole rings is 1. The molecule has 2 rings (SSSR count). The molecule has 1 aromatic heterocycles. The van der Waals surface area contributed by atoms with Crippen molar-refractivity contribution in [2.75, 3.05) is 17.6 Å². The first-order valence-corrected chi connectivity index (χ1v) is 7.28. The summed E-state index contributed by atoms with van der Waals surface area (Å²) in [6.07, 6.45) is 3.22. The molecule has 1 heterocycles. The van der Waals surface area contributed by atoms with Crippen molar-refractivity contribution in [3.05, 3.63) is 4.88 Å². The Morgan fingerprint density at radius 2 is 2.33 bits per heavy atom. The summed E-state index contributed by atoms with van der Waals surface area (Å²) in [7, 11) is 0. The zero-order chi connectivity index (χ0) is 13.1. The van der Waals surface area contributed by atoms with Crippen LogP contribution in [0.2, 0.25) is 0 Å². The number of hydrogen-bond donors (Lipinski definition) is 3. The number of nitrogens with one attached hydrogen (secondary N) is 2. The second kappa shape index (κ2) is 5.56. The predicted molar refractivity (Wildman–Crippen MR) is 75.0 cm³/mol. The predicted octanol–water partition coefficient (Wildman–Crippen LogP) is 2.08. The van der Waals surface area contributed by atoms with Crippen molar-refractivity contribution in [2.24, 2.45) is 5.92 Å². The zero-order valence-electron chi connectivity index (χ0n) is 10.8. The molecule has 2 atom stereocenters. The fourth-order valence-corrected chi connectivity index (χ4v) is 2.73. The van der Waals surface area contributed by atoms with Crippen LogP contribution in [0.5, 0.6) is 0 Å². The van der Waals surface area contributed by atoms with Crippen LogP contribution in [0.15, 0.2) is 0 Å². The van der Waals surface area contributed by atoms with Gasteiger partial charge in [0.05, 0.1) is 0 Å². The average Bonchev–Trinajstić information content (AvgIpc) is 2.99. The van der Waals surface area contributed by atoms with Crippen LogP contribution in [0, 0.1) is 5.92 Å². The highest BCUT2D eigenvalue weighted by molar-refractivity contribution is 7.18. The molecule has 1 fully saturated rings. The van der Waals surface area contributed by atoms with Crippen molar-refractivity contribution in [3.8, 4) is 0 Å². The highest BCUT2D eigenvalue weighted by Crippen LogP contribution is 2.34. The Balaban J connectivity index is 1.95. The monoisotopic (exact) mass is 268 g/mol. The fraction of sp³-hybridized carbons (Fsp3) is 0.667. The Labute approximate surface area is 111 Å². The van der Waals surface area contributed by atoms with Gasteiger partial charge in [0.25, 0.3) is 5.91 Å². The molecule has 100 valence electrons. The summed E-state index contributed by atoms with van der Waals surface area (Å²) in [4.78, 5) is 16.7. The molecule has 0 saturated heterocycles. The van der Waals surface area contributed by atoms with E-state index in [4.69, 9.17) is 5.73 Å². The first kappa shape index (κ1) is 13.1. The van der Waals surface area contributed by atoms with Crippen molar-refractivity contribution in [1.29, 1.82) is 0 Å². The lowest BCUT2D eigenvalue weighted by atomic mass is 10.3. The Morgan fingerprint density at radius 3 is 2.94 bits per heavy atom. The third kappa shape index (κ3) is 2.93. The third-order valence-electron chi connectivity index (χ3n) is 3.15. The molecule has 0 radical (unpaired) electrons. The topological polar surface area (TPSA) is 80.0 Å². The van der Waals surface area contributed by atoms with E-state index in [9.17, 15) is 4.79 Å². The molecule has 0 bridgehead atoms. The normalized spacial score (nSPS) is 21.7. The van der Waals surface area contributed by atoms with Crippen LogP contribution in [0.25, 0.3) is 0 Å². The molecular weight excluding hydrogens is 248 g/mol. The maximum Gasteiger partial charge on any atom is 0.265 e. The molecular formula is C12H20N4OS. The molecule has 1 aliphatic carbocycles. The second-order valence-electron chi connectivity index (χ2n) is 4.64. The van der Waals surface area contributed by atoms with Gasteiger partial charge in [-0.05, 0) is 18.8 Å². The highest BCUT2D eigenvalue weighted by Gasteiger charge is 2.37. The molecule has 4 N–H and O–H groups in total. The summed E-state index contributed by atoms with van der Waals surface area (Å²) in [6.45, 7) is 5.06. The van der Waals surface area contributed by atoms with Crippen LogP contribution in [0.1, 0.15) is 42.8 Å². The molecule has 1 aliphatic rings. The van der Waals surface area contributed by atoms with E-state index in [2.05, 4.69) is 29.5 Å². The van der Waals surface area contributed by atoms with Gasteiger partial charge in [-0.3, -0.25) is 4.79 Å². The van der Waals surface area contributed by atoms with Crippen LogP contribution < -0.4 is 16.4 Å². The highest BCUT2D eigenvalue weighted by atomic mass is 32.1. The lowest BCUT2D eigenvalue weighted by molar-refractivity contribution is 0.0953. The lowest BCUT2D eigenvalue weighted by Crippen LogP contribution is -2.26. The standard InChI is InChI=1S/C12H20N4OS/c1-3-5-14-12-16-10(13)9(18-12)11(17)15-8-6-7(8)4-2/h7-8H,3-6,13H2,1-2H3,(H,14,16)(H,15,17). The van der Waals surface area contributed by atoms with E-state index in [0.29, 0.717) is 22.7 Å². The molecule has 2 unspecified atom stereocenters. The number of carbonyl (C=O) groups is 1. The summed E-state index contributed by atoms with van der Waals surface area (Å²) < 4.78 is 0. The largest absolute Gasteiger partial charge is 0.382 e. The Bertz CT molecular complexity index is 432. The molecule has 1 saturated carbocycles. The zero-order valence-corrected chi connectivity index (χ0v) is 11.6.